The first-order chi connectivity index (χ1) is 19.4. The van der Waals surface area contributed by atoms with E-state index in [0.29, 0.717) is 10.3 Å². The minimum absolute atomic E-state index is 0. The monoisotopic (exact) mass is 593 g/mol. The van der Waals surface area contributed by atoms with Gasteiger partial charge in [0.2, 0.25) is 0 Å². The number of nitrogens with zero attached hydrogens (tertiary/aromatic N) is 1. The number of pyridine rings is 1. The van der Waals surface area contributed by atoms with E-state index in [1.54, 1.807) is 0 Å². The van der Waals surface area contributed by atoms with Crippen LogP contribution in [0.4, 0.5) is 0 Å². The Bertz CT molecular complexity index is 1500. The van der Waals surface area contributed by atoms with Gasteiger partial charge in [0.05, 0.1) is 11.2 Å². The molecule has 6 heteroatoms. The second-order valence-corrected chi connectivity index (χ2v) is 12.4. The molecule has 3 nitrogen and oxygen atoms in total. The molecule has 1 saturated carbocycles. The Morgan fingerprint density at radius 2 is 1.80 bits per heavy atom. The van der Waals surface area contributed by atoms with Crippen LogP contribution in [0.1, 0.15) is 66.3 Å². The summed E-state index contributed by atoms with van der Waals surface area (Å²) in [6.45, 7) is 3.44. The van der Waals surface area contributed by atoms with Crippen molar-refractivity contribution >= 4 is 81.9 Å². The van der Waals surface area contributed by atoms with Crippen molar-refractivity contribution < 1.29 is 9.53 Å². The Morgan fingerprint density at radius 3 is 2.59 bits per heavy atom. The molecule has 1 fully saturated rings. The van der Waals surface area contributed by atoms with E-state index in [4.69, 9.17) is 21.3 Å². The van der Waals surface area contributed by atoms with Gasteiger partial charge in [0.25, 0.3) is 0 Å². The Morgan fingerprint density at radius 1 is 1.02 bits per heavy atom. The van der Waals surface area contributed by atoms with Crippen LogP contribution < -0.4 is 0 Å². The molecule has 1 aliphatic rings. The molecule has 0 bridgehead atoms. The summed E-state index contributed by atoms with van der Waals surface area (Å²) in [6, 6.07) is 27.4. The van der Waals surface area contributed by atoms with Gasteiger partial charge < -0.3 is 4.74 Å². The van der Waals surface area contributed by atoms with Crippen LogP contribution in [0.25, 0.3) is 23.1 Å². The van der Waals surface area contributed by atoms with Gasteiger partial charge in [0.1, 0.15) is 6.10 Å². The molecule has 208 valence electrons. The number of ether oxygens (including phenoxy) is 1. The van der Waals surface area contributed by atoms with Crippen molar-refractivity contribution in [1.82, 2.24) is 4.98 Å². The number of carbonyl (C=O) groups excluding carboxylic acids is 1. The first kappa shape index (κ1) is 31.8. The van der Waals surface area contributed by atoms with E-state index < -0.39 is 0 Å². The van der Waals surface area contributed by atoms with Gasteiger partial charge in [-0.2, -0.15) is 11.8 Å². The van der Waals surface area contributed by atoms with Gasteiger partial charge in [-0.05, 0) is 90.8 Å². The molecule has 1 aromatic heterocycles. The normalized spacial score (nSPS) is 14.5. The SMILES string of the molecule is CC(=O)OC(C)Cc1ccccc1CCC(SCC1CC1)c1cccc(C=Cc2ccc3ccc(Cl)cc3n2)c1.[NaH]. The van der Waals surface area contributed by atoms with E-state index in [1.165, 1.54) is 47.8 Å². The third-order valence-corrected chi connectivity index (χ3v) is 9.11. The van der Waals surface area contributed by atoms with Crippen LogP contribution in [0.2, 0.25) is 5.02 Å². The number of carbonyl (C=O) groups is 1. The number of esters is 1. The number of benzene rings is 3. The van der Waals surface area contributed by atoms with E-state index in [1.807, 2.05) is 31.2 Å². The molecule has 1 aliphatic carbocycles. The van der Waals surface area contributed by atoms with E-state index in [2.05, 4.69) is 78.5 Å². The molecular formula is C35H37ClNNaO2S. The van der Waals surface area contributed by atoms with Crippen molar-refractivity contribution in [3.63, 3.8) is 0 Å². The number of fused-ring (bicyclic) bond motifs is 1. The van der Waals surface area contributed by atoms with E-state index in [0.717, 1.165) is 41.8 Å². The zero-order valence-electron chi connectivity index (χ0n) is 23.2. The van der Waals surface area contributed by atoms with Gasteiger partial charge in [0, 0.05) is 29.0 Å². The second-order valence-electron chi connectivity index (χ2n) is 10.8. The van der Waals surface area contributed by atoms with Crippen molar-refractivity contribution in [2.75, 3.05) is 5.75 Å². The number of halogens is 1. The summed E-state index contributed by atoms with van der Waals surface area (Å²) in [5, 5.41) is 2.21. The maximum absolute atomic E-state index is 11.4. The zero-order valence-corrected chi connectivity index (χ0v) is 24.8. The van der Waals surface area contributed by atoms with Crippen LogP contribution in [-0.2, 0) is 22.4 Å². The van der Waals surface area contributed by atoms with Crippen LogP contribution >= 0.6 is 23.4 Å². The summed E-state index contributed by atoms with van der Waals surface area (Å²) in [5.41, 5.74) is 6.98. The fraction of sp³-hybridized carbons (Fsp3) is 0.314. The summed E-state index contributed by atoms with van der Waals surface area (Å²) in [4.78, 5) is 16.2. The number of aryl methyl sites for hydroxylation is 1. The average molecular weight is 594 g/mol. The first-order valence-electron chi connectivity index (χ1n) is 14.1. The second kappa shape index (κ2) is 15.4. The molecule has 0 saturated heterocycles. The molecule has 3 aromatic carbocycles. The van der Waals surface area contributed by atoms with E-state index in [-0.39, 0.29) is 41.6 Å². The zero-order chi connectivity index (χ0) is 27.9. The Balaban J connectivity index is 0.00000387. The standard InChI is InChI=1S/C35H36ClNO2S.Na.H/c1-24(39-25(2)38)20-30-8-4-3-7-28(30)15-19-35(40-23-27-10-11-27)31-9-5-6-26(21-31)12-17-33-18-14-29-13-16-32(36)22-34(29)37-33;;/h3-9,12-14,16-18,21-22,24,27,35H,10-11,15,19-20,23H2,1-2H3;;. The van der Waals surface area contributed by atoms with Gasteiger partial charge in [-0.15, -0.1) is 0 Å². The minimum atomic E-state index is -0.226. The van der Waals surface area contributed by atoms with Gasteiger partial charge in [-0.1, -0.05) is 78.3 Å². The number of hydrogen-bond acceptors (Lipinski definition) is 4. The fourth-order valence-corrected chi connectivity index (χ4v) is 6.68. The Kier molecular flexibility index (Phi) is 12.0. The van der Waals surface area contributed by atoms with Crippen LogP contribution in [0, 0.1) is 5.92 Å². The molecule has 0 aliphatic heterocycles. The summed E-state index contributed by atoms with van der Waals surface area (Å²) in [5.74, 6) is 1.87. The number of hydrogen-bond donors (Lipinski definition) is 0. The molecule has 0 amide bonds. The van der Waals surface area contributed by atoms with Crippen molar-refractivity contribution in [1.29, 1.82) is 0 Å². The molecule has 2 unspecified atom stereocenters. The van der Waals surface area contributed by atoms with Crippen LogP contribution in [0.5, 0.6) is 0 Å². The van der Waals surface area contributed by atoms with Gasteiger partial charge in [-0.3, -0.25) is 4.79 Å². The summed E-state index contributed by atoms with van der Waals surface area (Å²) in [7, 11) is 0. The van der Waals surface area contributed by atoms with Gasteiger partial charge >= 0.3 is 35.5 Å². The van der Waals surface area contributed by atoms with E-state index >= 15 is 0 Å². The molecule has 0 spiro atoms. The quantitative estimate of drug-likeness (QED) is 0.122. The summed E-state index contributed by atoms with van der Waals surface area (Å²) >= 11 is 8.28. The van der Waals surface area contributed by atoms with Crippen molar-refractivity contribution in [3.05, 3.63) is 112 Å². The van der Waals surface area contributed by atoms with Gasteiger partial charge in [-0.25, -0.2) is 4.98 Å². The molecule has 2 atom stereocenters. The predicted octanol–water partition coefficient (Wildman–Crippen LogP) is 8.72. The molecule has 5 rings (SSSR count). The summed E-state index contributed by atoms with van der Waals surface area (Å²) < 4.78 is 5.41. The predicted molar refractivity (Wildman–Crippen MR) is 177 cm³/mol. The maximum atomic E-state index is 11.4. The third kappa shape index (κ3) is 9.73. The third-order valence-electron chi connectivity index (χ3n) is 7.30. The number of aromatic nitrogens is 1. The molecule has 41 heavy (non-hydrogen) atoms. The molecule has 4 aromatic rings. The molecule has 0 N–H and O–H groups in total. The average Bonchev–Trinajstić information content (AvgIpc) is 3.77. The Labute approximate surface area is 275 Å². The summed E-state index contributed by atoms with van der Waals surface area (Å²) in [6.07, 6.45) is 9.63. The van der Waals surface area contributed by atoms with Gasteiger partial charge in [0.15, 0.2) is 0 Å². The van der Waals surface area contributed by atoms with Crippen molar-refractivity contribution in [2.45, 2.75) is 57.3 Å². The molecular weight excluding hydrogens is 557 g/mol. The van der Waals surface area contributed by atoms with Crippen LogP contribution in [0.15, 0.2) is 78.9 Å². The van der Waals surface area contributed by atoms with Crippen LogP contribution in [-0.4, -0.2) is 52.4 Å². The van der Waals surface area contributed by atoms with E-state index in [9.17, 15) is 4.79 Å². The van der Waals surface area contributed by atoms with Crippen molar-refractivity contribution in [3.8, 4) is 0 Å². The number of thioether (sulfide) groups is 1. The Hall–Kier alpha value is -2.08. The molecule has 1 heterocycles. The van der Waals surface area contributed by atoms with Crippen LogP contribution in [0.3, 0.4) is 0 Å². The fourth-order valence-electron chi connectivity index (χ4n) is 5.05. The first-order valence-corrected chi connectivity index (χ1v) is 15.6. The molecule has 0 radical (unpaired) electrons. The topological polar surface area (TPSA) is 39.2 Å². The van der Waals surface area contributed by atoms with Crippen molar-refractivity contribution in [2.24, 2.45) is 5.92 Å². The number of rotatable bonds is 12.